The van der Waals surface area contributed by atoms with E-state index >= 15 is 0 Å². The van der Waals surface area contributed by atoms with E-state index in [-0.39, 0.29) is 18.3 Å². The van der Waals surface area contributed by atoms with Crippen molar-refractivity contribution >= 4 is 35.0 Å². The third-order valence-electron chi connectivity index (χ3n) is 3.97. The molecule has 0 aliphatic carbocycles. The molecule has 0 radical (unpaired) electrons. The van der Waals surface area contributed by atoms with Gasteiger partial charge in [0.2, 0.25) is 5.91 Å². The topological polar surface area (TPSA) is 69.0 Å². The van der Waals surface area contributed by atoms with Gasteiger partial charge >= 0.3 is 0 Å². The molecule has 0 atom stereocenters. The van der Waals surface area contributed by atoms with Gasteiger partial charge in [-0.3, -0.25) is 9.36 Å². The molecular formula is C21H20ClFN4O2S. The van der Waals surface area contributed by atoms with Crippen LogP contribution in [0.5, 0.6) is 5.75 Å². The van der Waals surface area contributed by atoms with Crippen molar-refractivity contribution in [3.63, 3.8) is 0 Å². The predicted molar refractivity (Wildman–Crippen MR) is 116 cm³/mol. The molecule has 6 nitrogen and oxygen atoms in total. The van der Waals surface area contributed by atoms with Gasteiger partial charge < -0.3 is 10.1 Å². The van der Waals surface area contributed by atoms with Gasteiger partial charge in [0.05, 0.1) is 0 Å². The molecule has 30 heavy (non-hydrogen) atoms. The predicted octanol–water partition coefficient (Wildman–Crippen LogP) is 4.96. The van der Waals surface area contributed by atoms with Gasteiger partial charge in [0.25, 0.3) is 0 Å². The SMILES string of the molecule is C=CCn1c(COc2ccccc2F)nnc1SCCC(=O)Nc1cccc(Cl)c1. The van der Waals surface area contributed by atoms with Crippen LogP contribution in [0.25, 0.3) is 0 Å². The second-order valence-corrected chi connectivity index (χ2v) is 7.67. The number of carbonyl (C=O) groups excluding carboxylic acids is 1. The van der Waals surface area contributed by atoms with E-state index in [9.17, 15) is 9.18 Å². The fourth-order valence-corrected chi connectivity index (χ4v) is 3.67. The Balaban J connectivity index is 1.56. The second kappa shape index (κ2) is 10.8. The van der Waals surface area contributed by atoms with Crippen molar-refractivity contribution in [2.45, 2.75) is 24.7 Å². The molecule has 1 heterocycles. The number of hydrogen-bond donors (Lipinski definition) is 1. The number of carbonyl (C=O) groups is 1. The van der Waals surface area contributed by atoms with Crippen LogP contribution >= 0.6 is 23.4 Å². The summed E-state index contributed by atoms with van der Waals surface area (Å²) in [5.41, 5.74) is 0.653. The van der Waals surface area contributed by atoms with Crippen LogP contribution in [0, 0.1) is 5.82 Å². The number of nitrogens with one attached hydrogen (secondary N) is 1. The van der Waals surface area contributed by atoms with E-state index in [0.29, 0.717) is 40.4 Å². The van der Waals surface area contributed by atoms with Crippen LogP contribution in [0.2, 0.25) is 5.02 Å². The highest BCUT2D eigenvalue weighted by Gasteiger charge is 2.14. The lowest BCUT2D eigenvalue weighted by Crippen LogP contribution is -2.12. The van der Waals surface area contributed by atoms with Crippen molar-refractivity contribution in [3.8, 4) is 5.75 Å². The van der Waals surface area contributed by atoms with E-state index in [0.717, 1.165) is 0 Å². The molecule has 0 bridgehead atoms. The largest absolute Gasteiger partial charge is 0.483 e. The number of anilines is 1. The first kappa shape index (κ1) is 21.9. The molecule has 0 fully saturated rings. The Hall–Kier alpha value is -2.84. The van der Waals surface area contributed by atoms with Crippen LogP contribution < -0.4 is 10.1 Å². The maximum Gasteiger partial charge on any atom is 0.225 e. The van der Waals surface area contributed by atoms with Crippen molar-refractivity contribution in [1.29, 1.82) is 0 Å². The van der Waals surface area contributed by atoms with Gasteiger partial charge in [-0.25, -0.2) is 4.39 Å². The number of benzene rings is 2. The summed E-state index contributed by atoms with van der Waals surface area (Å²) in [4.78, 5) is 12.1. The summed E-state index contributed by atoms with van der Waals surface area (Å²) in [6.45, 7) is 4.29. The van der Waals surface area contributed by atoms with E-state index in [1.807, 2.05) is 4.57 Å². The molecule has 1 amide bonds. The Kier molecular flexibility index (Phi) is 7.87. The summed E-state index contributed by atoms with van der Waals surface area (Å²) in [5.74, 6) is 0.646. The molecule has 3 aromatic rings. The summed E-state index contributed by atoms with van der Waals surface area (Å²) in [7, 11) is 0. The van der Waals surface area contributed by atoms with Gasteiger partial charge in [-0.1, -0.05) is 47.6 Å². The van der Waals surface area contributed by atoms with E-state index < -0.39 is 5.82 Å². The van der Waals surface area contributed by atoms with Crippen LogP contribution in [0.15, 0.2) is 66.3 Å². The quantitative estimate of drug-likeness (QED) is 0.352. The first-order valence-electron chi connectivity index (χ1n) is 9.15. The Labute approximate surface area is 183 Å². The first-order chi connectivity index (χ1) is 14.6. The maximum absolute atomic E-state index is 13.7. The van der Waals surface area contributed by atoms with Crippen molar-refractivity contribution in [3.05, 3.63) is 77.9 Å². The standard InChI is InChI=1S/C21H20ClFN4O2S/c1-2-11-27-19(14-29-18-9-4-3-8-17(18)23)25-26-21(27)30-12-10-20(28)24-16-7-5-6-15(22)13-16/h2-9,13H,1,10-12,14H2,(H,24,28). The van der Waals surface area contributed by atoms with E-state index in [4.69, 9.17) is 16.3 Å². The van der Waals surface area contributed by atoms with Crippen molar-refractivity contribution < 1.29 is 13.9 Å². The minimum atomic E-state index is -0.437. The molecule has 3 rings (SSSR count). The van der Waals surface area contributed by atoms with Gasteiger partial charge in [0.1, 0.15) is 6.61 Å². The van der Waals surface area contributed by atoms with Crippen LogP contribution in [0.4, 0.5) is 10.1 Å². The monoisotopic (exact) mass is 446 g/mol. The molecule has 0 spiro atoms. The van der Waals surface area contributed by atoms with Gasteiger partial charge in [0.15, 0.2) is 22.5 Å². The van der Waals surface area contributed by atoms with Gasteiger partial charge in [0, 0.05) is 29.4 Å². The van der Waals surface area contributed by atoms with E-state index in [2.05, 4.69) is 22.1 Å². The maximum atomic E-state index is 13.7. The molecule has 9 heteroatoms. The molecule has 0 aliphatic rings. The highest BCUT2D eigenvalue weighted by Crippen LogP contribution is 2.21. The van der Waals surface area contributed by atoms with Crippen LogP contribution in [-0.2, 0) is 17.9 Å². The summed E-state index contributed by atoms with van der Waals surface area (Å²) in [6, 6.07) is 13.2. The smallest absolute Gasteiger partial charge is 0.225 e. The zero-order valence-electron chi connectivity index (χ0n) is 16.1. The number of halogens is 2. The second-order valence-electron chi connectivity index (χ2n) is 6.17. The van der Waals surface area contributed by atoms with Crippen LogP contribution in [-0.4, -0.2) is 26.4 Å². The molecular weight excluding hydrogens is 427 g/mol. The fraction of sp³-hybridized carbons (Fsp3) is 0.190. The number of amides is 1. The minimum Gasteiger partial charge on any atom is -0.483 e. The Morgan fingerprint density at radius 2 is 2.10 bits per heavy atom. The molecule has 2 aromatic carbocycles. The Bertz CT molecular complexity index is 1030. The summed E-state index contributed by atoms with van der Waals surface area (Å²) in [5, 5.41) is 12.3. The summed E-state index contributed by atoms with van der Waals surface area (Å²) < 4.78 is 21.1. The highest BCUT2D eigenvalue weighted by atomic mass is 35.5. The molecule has 1 N–H and O–H groups in total. The molecule has 1 aromatic heterocycles. The average Bonchev–Trinajstić information content (AvgIpc) is 3.09. The number of allylic oxidation sites excluding steroid dienone is 1. The number of para-hydroxylation sites is 1. The number of nitrogens with zero attached hydrogens (tertiary/aromatic N) is 3. The van der Waals surface area contributed by atoms with E-state index in [1.165, 1.54) is 17.8 Å². The Morgan fingerprint density at radius 3 is 2.87 bits per heavy atom. The van der Waals surface area contributed by atoms with Crippen molar-refractivity contribution in [2.24, 2.45) is 0 Å². The highest BCUT2D eigenvalue weighted by molar-refractivity contribution is 7.99. The normalized spacial score (nSPS) is 10.6. The molecule has 0 aliphatic heterocycles. The van der Waals surface area contributed by atoms with Gasteiger partial charge in [-0.2, -0.15) is 0 Å². The lowest BCUT2D eigenvalue weighted by atomic mass is 10.3. The zero-order chi connectivity index (χ0) is 21.3. The molecule has 0 unspecified atom stereocenters. The molecule has 0 saturated carbocycles. The average molecular weight is 447 g/mol. The number of thioether (sulfide) groups is 1. The Morgan fingerprint density at radius 1 is 1.27 bits per heavy atom. The van der Waals surface area contributed by atoms with Crippen LogP contribution in [0.1, 0.15) is 12.2 Å². The molecule has 0 saturated heterocycles. The third kappa shape index (κ3) is 6.08. The van der Waals surface area contributed by atoms with Crippen molar-refractivity contribution in [1.82, 2.24) is 14.8 Å². The number of rotatable bonds is 10. The van der Waals surface area contributed by atoms with Gasteiger partial charge in [-0.05, 0) is 30.3 Å². The van der Waals surface area contributed by atoms with Crippen LogP contribution in [0.3, 0.4) is 0 Å². The third-order valence-corrected chi connectivity index (χ3v) is 5.17. The minimum absolute atomic E-state index is 0.0670. The lowest BCUT2D eigenvalue weighted by Gasteiger charge is -2.09. The summed E-state index contributed by atoms with van der Waals surface area (Å²) >= 11 is 7.32. The zero-order valence-corrected chi connectivity index (χ0v) is 17.6. The van der Waals surface area contributed by atoms with Crippen molar-refractivity contribution in [2.75, 3.05) is 11.1 Å². The number of hydrogen-bond acceptors (Lipinski definition) is 5. The summed E-state index contributed by atoms with van der Waals surface area (Å²) in [6.07, 6.45) is 2.01. The number of ether oxygens (including phenoxy) is 1. The van der Waals surface area contributed by atoms with E-state index in [1.54, 1.807) is 48.5 Å². The van der Waals surface area contributed by atoms with Gasteiger partial charge in [-0.15, -0.1) is 16.8 Å². The first-order valence-corrected chi connectivity index (χ1v) is 10.5. The number of aromatic nitrogens is 3. The fourth-order valence-electron chi connectivity index (χ4n) is 2.57. The molecule has 156 valence electrons. The lowest BCUT2D eigenvalue weighted by molar-refractivity contribution is -0.115.